The maximum Gasteiger partial charge on any atom is 0.435 e. The summed E-state index contributed by atoms with van der Waals surface area (Å²) in [6, 6.07) is 11.5. The van der Waals surface area contributed by atoms with Crippen molar-refractivity contribution in [3.63, 3.8) is 0 Å². The highest BCUT2D eigenvalue weighted by molar-refractivity contribution is 6.65. The molecule has 0 fully saturated rings. The van der Waals surface area contributed by atoms with E-state index in [2.05, 4.69) is 22.0 Å². The van der Waals surface area contributed by atoms with Crippen molar-refractivity contribution in [1.29, 1.82) is 0 Å². The lowest BCUT2D eigenvalue weighted by Gasteiger charge is -2.29. The van der Waals surface area contributed by atoms with Crippen molar-refractivity contribution >= 4 is 99.2 Å². The molecular formula is C43H28Cl5F8N5O7. The Balaban J connectivity index is 0.000000226. The van der Waals surface area contributed by atoms with Gasteiger partial charge in [-0.15, -0.1) is 0 Å². The van der Waals surface area contributed by atoms with Gasteiger partial charge in [-0.25, -0.2) is 13.7 Å². The van der Waals surface area contributed by atoms with Crippen molar-refractivity contribution in [2.75, 3.05) is 0 Å². The molecule has 0 spiro atoms. The van der Waals surface area contributed by atoms with E-state index in [0.717, 1.165) is 40.3 Å². The molecule has 3 aliphatic heterocycles. The number of amides is 4. The summed E-state index contributed by atoms with van der Waals surface area (Å²) in [6.07, 6.45) is -10.8. The zero-order valence-electron chi connectivity index (χ0n) is 34.4. The molecule has 3 heterocycles. The predicted octanol–water partition coefficient (Wildman–Crippen LogP) is 11.7. The van der Waals surface area contributed by atoms with Crippen LogP contribution in [0.4, 0.5) is 35.1 Å². The second-order valence-corrected chi connectivity index (χ2v) is 16.9. The molecule has 358 valence electrons. The Morgan fingerprint density at radius 3 is 1.41 bits per heavy atom. The van der Waals surface area contributed by atoms with E-state index in [1.54, 1.807) is 6.92 Å². The third kappa shape index (κ3) is 9.74. The molecule has 0 N–H and O–H groups in total. The average molecular weight is 1060 g/mol. The van der Waals surface area contributed by atoms with Gasteiger partial charge in [0, 0.05) is 41.3 Å². The van der Waals surface area contributed by atoms with Crippen LogP contribution in [-0.2, 0) is 35.3 Å². The van der Waals surface area contributed by atoms with E-state index in [-0.39, 0.29) is 58.1 Å². The molecule has 4 amide bonds. The molecular weight excluding hydrogens is 1030 g/mol. The Labute approximate surface area is 404 Å². The number of alkyl halides is 6. The molecule has 0 saturated carbocycles. The van der Waals surface area contributed by atoms with Crippen LogP contribution in [0, 0.1) is 25.5 Å². The summed E-state index contributed by atoms with van der Waals surface area (Å²) >= 11 is 28.6. The molecule has 3 atom stereocenters. The van der Waals surface area contributed by atoms with Gasteiger partial charge in [-0.3, -0.25) is 24.1 Å². The zero-order chi connectivity index (χ0) is 50.3. The van der Waals surface area contributed by atoms with Crippen LogP contribution in [0.3, 0.4) is 0 Å². The highest BCUT2D eigenvalue weighted by Gasteiger charge is 2.64. The molecule has 68 heavy (non-hydrogen) atoms. The van der Waals surface area contributed by atoms with Gasteiger partial charge >= 0.3 is 12.4 Å². The third-order valence-electron chi connectivity index (χ3n) is 10.7. The molecule has 4 aromatic rings. The summed E-state index contributed by atoms with van der Waals surface area (Å²) in [5.41, 5.74) is -5.58. The lowest BCUT2D eigenvalue weighted by atomic mass is 9.86. The van der Waals surface area contributed by atoms with Crippen molar-refractivity contribution in [2.24, 2.45) is 15.5 Å². The van der Waals surface area contributed by atoms with Gasteiger partial charge in [-0.1, -0.05) is 92.2 Å². The Kier molecular flexibility index (Phi) is 14.9. The van der Waals surface area contributed by atoms with E-state index in [0.29, 0.717) is 11.1 Å². The zero-order valence-corrected chi connectivity index (χ0v) is 38.2. The monoisotopic (exact) mass is 1050 g/mol. The number of aryl methyl sites for hydroxylation is 2. The molecule has 7 rings (SSSR count). The first-order valence-corrected chi connectivity index (χ1v) is 20.9. The Bertz CT molecular complexity index is 2790. The summed E-state index contributed by atoms with van der Waals surface area (Å²) in [4.78, 5) is 64.0. The van der Waals surface area contributed by atoms with Gasteiger partial charge in [0.15, 0.2) is 16.8 Å². The number of hydrogen-bond donors (Lipinski definition) is 0. The minimum absolute atomic E-state index is 0.0221. The fourth-order valence-electron chi connectivity index (χ4n) is 7.05. The van der Waals surface area contributed by atoms with Crippen molar-refractivity contribution < 1.29 is 68.8 Å². The first-order valence-electron chi connectivity index (χ1n) is 19.0. The SMILES string of the molecule is C=CN(C=O)C(=O)c1ccc(C2=NO[C@@](c3cc(Cl)c(F)c(Cl)c3)(C(F)(F)F)C2)cc1C.Cc1cc(C2=NO[C@@](c3cc(Cl)c(F)c(Cl)c3)(C(F)(F)F)C2)ccc1C(=O)N(C=O)C1CC(Cl)=NO1. The third-order valence-corrected chi connectivity index (χ3v) is 12.0. The second kappa shape index (κ2) is 19.7. The summed E-state index contributed by atoms with van der Waals surface area (Å²) in [5, 5.41) is 8.45. The summed E-state index contributed by atoms with van der Waals surface area (Å²) in [6.45, 7) is 6.45. The van der Waals surface area contributed by atoms with Gasteiger partial charge in [0.2, 0.25) is 19.0 Å². The Morgan fingerprint density at radius 1 is 0.676 bits per heavy atom. The molecule has 0 bridgehead atoms. The maximum atomic E-state index is 14.2. The van der Waals surface area contributed by atoms with Crippen molar-refractivity contribution in [3.8, 4) is 0 Å². The van der Waals surface area contributed by atoms with E-state index < -0.39 is 97.3 Å². The summed E-state index contributed by atoms with van der Waals surface area (Å²) in [5.74, 6) is -3.47. The Hall–Kier alpha value is -5.80. The van der Waals surface area contributed by atoms with Crippen LogP contribution in [0.25, 0.3) is 0 Å². The maximum absolute atomic E-state index is 14.2. The van der Waals surface area contributed by atoms with Crippen LogP contribution >= 0.6 is 58.0 Å². The molecule has 3 aliphatic rings. The van der Waals surface area contributed by atoms with E-state index in [4.69, 9.17) is 72.5 Å². The molecule has 1 unspecified atom stereocenters. The van der Waals surface area contributed by atoms with Gasteiger partial charge in [0.1, 0.15) is 0 Å². The van der Waals surface area contributed by atoms with E-state index in [1.807, 2.05) is 0 Å². The number of halogens is 13. The van der Waals surface area contributed by atoms with Gasteiger partial charge in [0.25, 0.3) is 23.0 Å². The van der Waals surface area contributed by atoms with Crippen LogP contribution in [-0.4, -0.2) is 69.6 Å². The minimum atomic E-state index is -4.97. The second-order valence-electron chi connectivity index (χ2n) is 14.9. The topological polar surface area (TPSA) is 140 Å². The highest BCUT2D eigenvalue weighted by atomic mass is 35.5. The number of nitrogens with zero attached hydrogens (tertiary/aromatic N) is 5. The number of rotatable bonds is 10. The number of carbonyl (C=O) groups excluding carboxylic acids is 4. The average Bonchev–Trinajstić information content (AvgIpc) is 4.05. The fraction of sp³-hybridized carbons (Fsp3) is 0.233. The standard InChI is InChI=1S/C22H14Cl3F4N3O4.C21H14Cl2F4N2O3/c1-10-4-11(2-3-13(10)20(34)32(9-33)18-7-17(25)31-35-18)16-8-21(36-30-16,22(27,28)29)12-5-14(23)19(26)15(24)6-12;1-3-29(10-30)19(31)14-5-4-12(6-11(14)2)17-9-20(32-28-17,21(25,26)27)13-7-15(22)18(24)16(23)8-13/h2-6,9,18H,7-8H2,1H3;3-8,10H,1,9H2,2H3/t18?,21-;20-/m00/s1. The number of carbonyl (C=O) groups is 4. The molecule has 0 radical (unpaired) electrons. The quantitative estimate of drug-likeness (QED) is 0.0875. The van der Waals surface area contributed by atoms with Gasteiger partial charge < -0.3 is 14.5 Å². The normalized spacial score (nSPS) is 19.8. The van der Waals surface area contributed by atoms with Crippen LogP contribution in [0.5, 0.6) is 0 Å². The van der Waals surface area contributed by atoms with Crippen LogP contribution in [0.1, 0.15) is 73.4 Å². The van der Waals surface area contributed by atoms with Crippen LogP contribution in [0.15, 0.2) is 88.9 Å². The lowest BCUT2D eigenvalue weighted by molar-refractivity contribution is -0.276. The number of oxime groups is 3. The number of hydrogen-bond acceptors (Lipinski definition) is 10. The van der Waals surface area contributed by atoms with E-state index >= 15 is 0 Å². The number of imide groups is 2. The summed E-state index contributed by atoms with van der Waals surface area (Å²) < 4.78 is 113. The van der Waals surface area contributed by atoms with Crippen molar-refractivity contribution in [3.05, 3.63) is 150 Å². The first kappa shape index (κ1) is 51.6. The molecule has 0 aliphatic carbocycles. The molecule has 12 nitrogen and oxygen atoms in total. The molecule has 4 aromatic carbocycles. The van der Waals surface area contributed by atoms with Crippen molar-refractivity contribution in [1.82, 2.24) is 9.80 Å². The van der Waals surface area contributed by atoms with Gasteiger partial charge in [0.05, 0.1) is 37.9 Å². The lowest BCUT2D eigenvalue weighted by Crippen LogP contribution is -2.42. The molecule has 0 aromatic heterocycles. The van der Waals surface area contributed by atoms with E-state index in [1.165, 1.54) is 43.3 Å². The van der Waals surface area contributed by atoms with Crippen LogP contribution < -0.4 is 0 Å². The molecule has 0 saturated heterocycles. The fourth-order valence-corrected chi connectivity index (χ4v) is 8.19. The minimum Gasteiger partial charge on any atom is -0.374 e. The van der Waals surface area contributed by atoms with Gasteiger partial charge in [-0.05, 0) is 84.6 Å². The van der Waals surface area contributed by atoms with E-state index in [9.17, 15) is 54.3 Å². The first-order chi connectivity index (χ1) is 31.8. The molecule has 25 heteroatoms. The Morgan fingerprint density at radius 2 is 1.09 bits per heavy atom. The van der Waals surface area contributed by atoms with Crippen molar-refractivity contribution in [2.45, 2.75) is 62.9 Å². The van der Waals surface area contributed by atoms with Gasteiger partial charge in [-0.2, -0.15) is 26.3 Å². The highest BCUT2D eigenvalue weighted by Crippen LogP contribution is 2.51. The smallest absolute Gasteiger partial charge is 0.374 e. The number of benzene rings is 4. The summed E-state index contributed by atoms with van der Waals surface area (Å²) in [7, 11) is 0. The predicted molar refractivity (Wildman–Crippen MR) is 233 cm³/mol. The van der Waals surface area contributed by atoms with Crippen LogP contribution in [0.2, 0.25) is 20.1 Å². The largest absolute Gasteiger partial charge is 0.435 e.